The van der Waals surface area contributed by atoms with Crippen molar-refractivity contribution in [3.63, 3.8) is 0 Å². The van der Waals surface area contributed by atoms with Crippen molar-refractivity contribution in [2.75, 3.05) is 10.6 Å². The number of rotatable bonds is 7. The Morgan fingerprint density at radius 3 is 2.45 bits per heavy atom. The van der Waals surface area contributed by atoms with E-state index in [1.165, 1.54) is 0 Å². The Balaban J connectivity index is 1.61. The molecule has 0 unspecified atom stereocenters. The van der Waals surface area contributed by atoms with E-state index in [4.69, 9.17) is 23.8 Å². The fourth-order valence-electron chi connectivity index (χ4n) is 3.45. The van der Waals surface area contributed by atoms with Crippen molar-refractivity contribution >= 4 is 41.1 Å². The van der Waals surface area contributed by atoms with Gasteiger partial charge in [0.15, 0.2) is 5.82 Å². The fourth-order valence-corrected chi connectivity index (χ4v) is 3.94. The van der Waals surface area contributed by atoms with Crippen molar-refractivity contribution in [1.82, 2.24) is 14.3 Å². The minimum absolute atomic E-state index is 0.00966. The number of hydrogen-bond donors (Lipinski definition) is 2. The second kappa shape index (κ2) is 10.0. The molecule has 0 atom stereocenters. The summed E-state index contributed by atoms with van der Waals surface area (Å²) in [5.74, 6) is 0.492. The third kappa shape index (κ3) is 5.32. The van der Waals surface area contributed by atoms with Crippen molar-refractivity contribution < 1.29 is 4.79 Å². The Bertz CT molecular complexity index is 1330. The predicted octanol–water partition coefficient (Wildman–Crippen LogP) is 5.92. The summed E-state index contributed by atoms with van der Waals surface area (Å²) in [5, 5.41) is 11.7. The van der Waals surface area contributed by atoms with Crippen LogP contribution in [0, 0.1) is 18.6 Å². The molecule has 8 heteroatoms. The smallest absolute Gasteiger partial charge is 0.246 e. The predicted molar refractivity (Wildman–Crippen MR) is 136 cm³/mol. The second-order valence-corrected chi connectivity index (χ2v) is 8.48. The summed E-state index contributed by atoms with van der Waals surface area (Å²) in [7, 11) is 0. The van der Waals surface area contributed by atoms with Gasteiger partial charge >= 0.3 is 0 Å². The highest BCUT2D eigenvalue weighted by atomic mass is 35.5. The van der Waals surface area contributed by atoms with E-state index in [-0.39, 0.29) is 12.5 Å². The Morgan fingerprint density at radius 2 is 1.73 bits per heavy atom. The van der Waals surface area contributed by atoms with Gasteiger partial charge in [0.05, 0.1) is 6.54 Å². The lowest BCUT2D eigenvalue weighted by atomic mass is 10.2. The highest BCUT2D eigenvalue weighted by molar-refractivity contribution is 7.71. The van der Waals surface area contributed by atoms with Crippen LogP contribution in [0.3, 0.4) is 0 Å². The first-order valence-corrected chi connectivity index (χ1v) is 11.3. The second-order valence-electron chi connectivity index (χ2n) is 7.71. The highest BCUT2D eigenvalue weighted by Gasteiger charge is 2.15. The molecule has 1 amide bonds. The van der Waals surface area contributed by atoms with Gasteiger partial charge in [-0.15, -0.1) is 0 Å². The van der Waals surface area contributed by atoms with Crippen LogP contribution in [0.4, 0.5) is 11.4 Å². The molecule has 1 aromatic heterocycles. The molecule has 4 rings (SSSR count). The van der Waals surface area contributed by atoms with Crippen LogP contribution < -0.4 is 10.6 Å². The normalized spacial score (nSPS) is 10.8. The number of aryl methyl sites for hydroxylation is 1. The quantitative estimate of drug-likeness (QED) is 0.324. The molecule has 0 saturated carbocycles. The summed E-state index contributed by atoms with van der Waals surface area (Å²) in [6.45, 7) is 4.38. The molecule has 3 aromatic carbocycles. The first kappa shape index (κ1) is 22.8. The molecule has 6 nitrogen and oxygen atoms in total. The van der Waals surface area contributed by atoms with E-state index >= 15 is 0 Å². The number of aromatic nitrogens is 3. The van der Waals surface area contributed by atoms with Crippen molar-refractivity contribution in [2.45, 2.75) is 26.9 Å². The van der Waals surface area contributed by atoms with Crippen LogP contribution in [0.5, 0.6) is 0 Å². The van der Waals surface area contributed by atoms with Crippen LogP contribution in [0.15, 0.2) is 72.8 Å². The summed E-state index contributed by atoms with van der Waals surface area (Å²) in [4.78, 5) is 12.7. The van der Waals surface area contributed by atoms with Crippen LogP contribution in [-0.4, -0.2) is 20.3 Å². The molecule has 0 radical (unpaired) electrons. The number of halogens is 1. The number of anilines is 2. The molecular formula is C25H24ClN5OS. The standard InChI is InChI=1S/C25H24ClN5OS/c1-17-11-13-19(14-12-17)28-24(32)16-30-25(33)31(20-7-4-3-5-8-20)23(29-30)15-27-22-10-6-9-21(26)18(22)2/h3-14,27H,15-16H2,1-2H3,(H,28,32). The Labute approximate surface area is 202 Å². The third-order valence-electron chi connectivity index (χ3n) is 5.25. The van der Waals surface area contributed by atoms with Gasteiger partial charge in [0.2, 0.25) is 10.7 Å². The Morgan fingerprint density at radius 1 is 1.00 bits per heavy atom. The van der Waals surface area contributed by atoms with Crippen LogP contribution in [0.2, 0.25) is 5.02 Å². The maximum atomic E-state index is 12.7. The van der Waals surface area contributed by atoms with Gasteiger partial charge in [0.25, 0.3) is 0 Å². The Hall–Kier alpha value is -3.42. The summed E-state index contributed by atoms with van der Waals surface area (Å²) < 4.78 is 3.87. The van der Waals surface area contributed by atoms with E-state index in [1.54, 1.807) is 4.68 Å². The number of benzene rings is 3. The number of nitrogens with zero attached hydrogens (tertiary/aromatic N) is 3. The van der Waals surface area contributed by atoms with E-state index in [9.17, 15) is 4.79 Å². The largest absolute Gasteiger partial charge is 0.377 e. The van der Waals surface area contributed by atoms with Crippen molar-refractivity contribution in [2.24, 2.45) is 0 Å². The van der Waals surface area contributed by atoms with E-state index in [0.29, 0.717) is 22.2 Å². The van der Waals surface area contributed by atoms with E-state index in [1.807, 2.05) is 91.2 Å². The van der Waals surface area contributed by atoms with Crippen LogP contribution in [-0.2, 0) is 17.9 Å². The highest BCUT2D eigenvalue weighted by Crippen LogP contribution is 2.24. The molecule has 0 aliphatic carbocycles. The topological polar surface area (TPSA) is 63.9 Å². The molecule has 2 N–H and O–H groups in total. The van der Waals surface area contributed by atoms with E-state index in [2.05, 4.69) is 15.7 Å². The third-order valence-corrected chi connectivity index (χ3v) is 6.06. The fraction of sp³-hybridized carbons (Fsp3) is 0.160. The van der Waals surface area contributed by atoms with Gasteiger partial charge in [-0.1, -0.05) is 53.6 Å². The lowest BCUT2D eigenvalue weighted by molar-refractivity contribution is -0.116. The van der Waals surface area contributed by atoms with Gasteiger partial charge in [0.1, 0.15) is 6.54 Å². The molecular weight excluding hydrogens is 454 g/mol. The molecule has 0 aliphatic rings. The van der Waals surface area contributed by atoms with E-state index < -0.39 is 0 Å². The molecule has 1 heterocycles. The van der Waals surface area contributed by atoms with E-state index in [0.717, 1.165) is 28.2 Å². The van der Waals surface area contributed by atoms with Gasteiger partial charge in [-0.2, -0.15) is 5.10 Å². The first-order valence-electron chi connectivity index (χ1n) is 10.5. The van der Waals surface area contributed by atoms with Crippen LogP contribution >= 0.6 is 23.8 Å². The molecule has 168 valence electrons. The maximum Gasteiger partial charge on any atom is 0.246 e. The molecule has 33 heavy (non-hydrogen) atoms. The summed E-state index contributed by atoms with van der Waals surface area (Å²) >= 11 is 12.0. The number of hydrogen-bond acceptors (Lipinski definition) is 4. The minimum Gasteiger partial charge on any atom is -0.377 e. The minimum atomic E-state index is -0.196. The number of carbonyl (C=O) groups is 1. The maximum absolute atomic E-state index is 12.7. The van der Waals surface area contributed by atoms with Crippen LogP contribution in [0.1, 0.15) is 17.0 Å². The number of carbonyl (C=O) groups excluding carboxylic acids is 1. The number of para-hydroxylation sites is 1. The molecule has 0 bridgehead atoms. The lowest BCUT2D eigenvalue weighted by Gasteiger charge is -2.11. The summed E-state index contributed by atoms with van der Waals surface area (Å²) in [6, 6.07) is 23.1. The van der Waals surface area contributed by atoms with Gasteiger partial charge in [-0.25, -0.2) is 4.68 Å². The van der Waals surface area contributed by atoms with Crippen molar-refractivity contribution in [1.29, 1.82) is 0 Å². The first-order chi connectivity index (χ1) is 15.9. The zero-order chi connectivity index (χ0) is 23.4. The summed E-state index contributed by atoms with van der Waals surface area (Å²) in [5.41, 5.74) is 4.62. The lowest BCUT2D eigenvalue weighted by Crippen LogP contribution is -2.20. The SMILES string of the molecule is Cc1ccc(NC(=O)Cn2nc(CNc3cccc(Cl)c3C)n(-c3ccccc3)c2=S)cc1. The van der Waals surface area contributed by atoms with Gasteiger partial charge < -0.3 is 10.6 Å². The molecule has 0 saturated heterocycles. The molecule has 4 aromatic rings. The monoisotopic (exact) mass is 477 g/mol. The zero-order valence-electron chi connectivity index (χ0n) is 18.4. The van der Waals surface area contributed by atoms with Crippen LogP contribution in [0.25, 0.3) is 5.69 Å². The number of amides is 1. The van der Waals surface area contributed by atoms with Crippen molar-refractivity contribution in [3.05, 3.63) is 99.5 Å². The average Bonchev–Trinajstić information content (AvgIpc) is 3.11. The van der Waals surface area contributed by atoms with Gasteiger partial charge in [0, 0.05) is 22.1 Å². The van der Waals surface area contributed by atoms with Crippen molar-refractivity contribution in [3.8, 4) is 5.69 Å². The number of nitrogens with one attached hydrogen (secondary N) is 2. The molecule has 0 aliphatic heterocycles. The summed E-state index contributed by atoms with van der Waals surface area (Å²) in [6.07, 6.45) is 0. The molecule has 0 spiro atoms. The zero-order valence-corrected chi connectivity index (χ0v) is 20.0. The van der Waals surface area contributed by atoms with Gasteiger partial charge in [-0.3, -0.25) is 9.36 Å². The average molecular weight is 478 g/mol. The molecule has 0 fully saturated rings. The van der Waals surface area contributed by atoms with Gasteiger partial charge in [-0.05, 0) is 68.0 Å². The Kier molecular flexibility index (Phi) is 6.91.